The summed E-state index contributed by atoms with van der Waals surface area (Å²) in [5.41, 5.74) is 1.68. The molecule has 2 aromatic rings. The summed E-state index contributed by atoms with van der Waals surface area (Å²) in [5.74, 6) is 2.71. The number of likely N-dealkylation sites (tertiary alicyclic amines) is 1. The van der Waals surface area contributed by atoms with Gasteiger partial charge >= 0.3 is 6.09 Å². The molecule has 0 saturated carbocycles. The summed E-state index contributed by atoms with van der Waals surface area (Å²) in [7, 11) is 0. The highest BCUT2D eigenvalue weighted by atomic mass is 16.7. The molecule has 0 aliphatic carbocycles. The third-order valence-corrected chi connectivity index (χ3v) is 4.86. The van der Waals surface area contributed by atoms with Crippen LogP contribution >= 0.6 is 0 Å². The minimum Gasteiger partial charge on any atom is -0.454 e. The molecule has 0 radical (unpaired) electrons. The molecule has 29 heavy (non-hydrogen) atoms. The molecule has 4 rings (SSSR count). The van der Waals surface area contributed by atoms with E-state index in [0.717, 1.165) is 35.8 Å². The number of amides is 1. The van der Waals surface area contributed by atoms with E-state index in [0.29, 0.717) is 31.4 Å². The van der Waals surface area contributed by atoms with Crippen molar-refractivity contribution in [2.24, 2.45) is 0 Å². The van der Waals surface area contributed by atoms with Crippen LogP contribution in [0.1, 0.15) is 25.5 Å². The summed E-state index contributed by atoms with van der Waals surface area (Å²) in [6.07, 6.45) is 1.44. The first-order valence-corrected chi connectivity index (χ1v) is 9.81. The van der Waals surface area contributed by atoms with Crippen molar-refractivity contribution in [2.75, 3.05) is 37.1 Å². The normalized spacial score (nSPS) is 15.9. The van der Waals surface area contributed by atoms with Gasteiger partial charge in [-0.1, -0.05) is 0 Å². The number of carbonyl (C=O) groups is 1. The van der Waals surface area contributed by atoms with Crippen LogP contribution in [0.5, 0.6) is 11.5 Å². The number of benzene rings is 1. The van der Waals surface area contributed by atoms with E-state index in [-0.39, 0.29) is 18.9 Å². The molecule has 2 N–H and O–H groups in total. The highest BCUT2D eigenvalue weighted by molar-refractivity contribution is 5.67. The maximum absolute atomic E-state index is 11.8. The van der Waals surface area contributed by atoms with Gasteiger partial charge in [-0.2, -0.15) is 4.98 Å². The van der Waals surface area contributed by atoms with Gasteiger partial charge in [-0.3, -0.25) is 0 Å². The lowest BCUT2D eigenvalue weighted by molar-refractivity contribution is 0.0983. The molecule has 1 amide bonds. The second-order valence-corrected chi connectivity index (χ2v) is 7.02. The predicted octanol–water partition coefficient (Wildman–Crippen LogP) is 3.29. The number of ether oxygens (including phenoxy) is 3. The van der Waals surface area contributed by atoms with Crippen LogP contribution < -0.4 is 20.1 Å². The summed E-state index contributed by atoms with van der Waals surface area (Å²) in [4.78, 5) is 22.6. The molecule has 3 heterocycles. The fourth-order valence-corrected chi connectivity index (χ4v) is 3.43. The molecule has 0 spiro atoms. The summed E-state index contributed by atoms with van der Waals surface area (Å²) in [6, 6.07) is 7.79. The van der Waals surface area contributed by atoms with Crippen LogP contribution in [0, 0.1) is 6.92 Å². The van der Waals surface area contributed by atoms with Crippen LogP contribution in [0.25, 0.3) is 0 Å². The summed E-state index contributed by atoms with van der Waals surface area (Å²) >= 11 is 0. The lowest BCUT2D eigenvalue weighted by Gasteiger charge is -2.31. The third-order valence-electron chi connectivity index (χ3n) is 4.86. The Kier molecular flexibility index (Phi) is 5.55. The van der Waals surface area contributed by atoms with Crippen molar-refractivity contribution < 1.29 is 19.0 Å². The van der Waals surface area contributed by atoms with Crippen molar-refractivity contribution >= 4 is 23.5 Å². The van der Waals surface area contributed by atoms with Gasteiger partial charge in [0.05, 0.1) is 6.61 Å². The fraction of sp³-hybridized carbons (Fsp3) is 0.450. The van der Waals surface area contributed by atoms with Gasteiger partial charge in [0.25, 0.3) is 0 Å². The van der Waals surface area contributed by atoms with Crippen molar-refractivity contribution in [3.05, 3.63) is 30.0 Å². The summed E-state index contributed by atoms with van der Waals surface area (Å²) in [5, 5.41) is 6.69. The van der Waals surface area contributed by atoms with Crippen LogP contribution in [0.15, 0.2) is 24.3 Å². The van der Waals surface area contributed by atoms with E-state index >= 15 is 0 Å². The number of hydrogen-bond acceptors (Lipinski definition) is 8. The van der Waals surface area contributed by atoms with Crippen molar-refractivity contribution in [3.63, 3.8) is 0 Å². The molecule has 154 valence electrons. The van der Waals surface area contributed by atoms with Gasteiger partial charge in [0.15, 0.2) is 11.5 Å². The number of fused-ring (bicyclic) bond motifs is 1. The van der Waals surface area contributed by atoms with E-state index in [1.54, 1.807) is 4.90 Å². The molecule has 1 fully saturated rings. The number of hydrogen-bond donors (Lipinski definition) is 2. The Bertz CT molecular complexity index is 883. The first-order valence-electron chi connectivity index (χ1n) is 9.81. The molecule has 0 unspecified atom stereocenters. The van der Waals surface area contributed by atoms with Crippen molar-refractivity contribution in [1.29, 1.82) is 0 Å². The molecule has 9 heteroatoms. The van der Waals surface area contributed by atoms with E-state index in [4.69, 9.17) is 14.2 Å². The number of anilines is 3. The highest BCUT2D eigenvalue weighted by Gasteiger charge is 2.24. The Hall–Kier alpha value is -3.23. The van der Waals surface area contributed by atoms with E-state index in [1.165, 1.54) is 0 Å². The SMILES string of the molecule is CCOC(=O)N1CCC(Nc2cc(C)nc(Nc3ccc4c(c3)OCO4)n2)CC1. The Morgan fingerprint density at radius 3 is 2.79 bits per heavy atom. The molecular formula is C20H25N5O4. The Labute approximate surface area is 169 Å². The van der Waals surface area contributed by atoms with Crippen LogP contribution in [0.3, 0.4) is 0 Å². The molecule has 1 aromatic carbocycles. The van der Waals surface area contributed by atoms with Gasteiger partial charge in [0.1, 0.15) is 5.82 Å². The number of nitrogens with zero attached hydrogens (tertiary/aromatic N) is 3. The monoisotopic (exact) mass is 399 g/mol. The number of aryl methyl sites for hydroxylation is 1. The second-order valence-electron chi connectivity index (χ2n) is 7.02. The zero-order valence-electron chi connectivity index (χ0n) is 16.6. The predicted molar refractivity (Wildman–Crippen MR) is 108 cm³/mol. The molecule has 1 saturated heterocycles. The van der Waals surface area contributed by atoms with Gasteiger partial charge in [0, 0.05) is 42.6 Å². The topological polar surface area (TPSA) is 97.8 Å². The minimum atomic E-state index is -0.237. The van der Waals surface area contributed by atoms with E-state index in [2.05, 4.69) is 20.6 Å². The van der Waals surface area contributed by atoms with Crippen LogP contribution in [-0.4, -0.2) is 53.5 Å². The van der Waals surface area contributed by atoms with Crippen molar-refractivity contribution in [2.45, 2.75) is 32.7 Å². The molecule has 1 aromatic heterocycles. The molecule has 0 bridgehead atoms. The fourth-order valence-electron chi connectivity index (χ4n) is 3.43. The maximum atomic E-state index is 11.8. The lowest BCUT2D eigenvalue weighted by atomic mass is 10.1. The Morgan fingerprint density at radius 1 is 1.21 bits per heavy atom. The largest absolute Gasteiger partial charge is 0.454 e. The van der Waals surface area contributed by atoms with E-state index in [1.807, 2.05) is 38.1 Å². The Morgan fingerprint density at radius 2 is 2.00 bits per heavy atom. The van der Waals surface area contributed by atoms with E-state index < -0.39 is 0 Å². The lowest BCUT2D eigenvalue weighted by Crippen LogP contribution is -2.42. The zero-order valence-corrected chi connectivity index (χ0v) is 16.6. The summed E-state index contributed by atoms with van der Waals surface area (Å²) in [6.45, 7) is 5.73. The van der Waals surface area contributed by atoms with Crippen LogP contribution in [-0.2, 0) is 4.74 Å². The standard InChI is InChI=1S/C20H25N5O4/c1-3-27-20(26)25-8-6-14(7-9-25)22-18-10-13(2)21-19(24-18)23-15-4-5-16-17(11-15)29-12-28-16/h4-5,10-11,14H,3,6-9,12H2,1-2H3,(H2,21,22,23,24). The van der Waals surface area contributed by atoms with Gasteiger partial charge in [-0.15, -0.1) is 0 Å². The number of aromatic nitrogens is 2. The van der Waals surface area contributed by atoms with Crippen molar-refractivity contribution in [3.8, 4) is 11.5 Å². The Balaban J connectivity index is 1.38. The van der Waals surface area contributed by atoms with Gasteiger partial charge in [-0.25, -0.2) is 9.78 Å². The summed E-state index contributed by atoms with van der Waals surface area (Å²) < 4.78 is 15.8. The number of nitrogens with one attached hydrogen (secondary N) is 2. The quantitative estimate of drug-likeness (QED) is 0.790. The first kappa shape index (κ1) is 19.1. The maximum Gasteiger partial charge on any atom is 0.409 e. The van der Waals surface area contributed by atoms with E-state index in [9.17, 15) is 4.79 Å². The average molecular weight is 399 g/mol. The zero-order chi connectivity index (χ0) is 20.2. The smallest absolute Gasteiger partial charge is 0.409 e. The minimum absolute atomic E-state index is 0.237. The molecule has 2 aliphatic rings. The first-order chi connectivity index (χ1) is 14.1. The van der Waals surface area contributed by atoms with Gasteiger partial charge in [-0.05, 0) is 38.8 Å². The van der Waals surface area contributed by atoms with Crippen LogP contribution in [0.4, 0.5) is 22.2 Å². The number of piperidine rings is 1. The number of carbonyl (C=O) groups excluding carboxylic acids is 1. The number of rotatable bonds is 5. The third kappa shape index (κ3) is 4.61. The molecule has 9 nitrogen and oxygen atoms in total. The average Bonchev–Trinajstić information content (AvgIpc) is 3.16. The second kappa shape index (κ2) is 8.42. The molecular weight excluding hydrogens is 374 g/mol. The van der Waals surface area contributed by atoms with Crippen LogP contribution in [0.2, 0.25) is 0 Å². The molecule has 0 atom stereocenters. The van der Waals surface area contributed by atoms with Gasteiger partial charge < -0.3 is 29.7 Å². The van der Waals surface area contributed by atoms with Crippen molar-refractivity contribution in [1.82, 2.24) is 14.9 Å². The highest BCUT2D eigenvalue weighted by Crippen LogP contribution is 2.34. The molecule has 2 aliphatic heterocycles. The van der Waals surface area contributed by atoms with Gasteiger partial charge in [0.2, 0.25) is 12.7 Å².